The van der Waals surface area contributed by atoms with Crippen LogP contribution in [0, 0.1) is 0 Å². The molecule has 4 nitrogen and oxygen atoms in total. The van der Waals surface area contributed by atoms with E-state index in [4.69, 9.17) is 16.3 Å². The third-order valence-electron chi connectivity index (χ3n) is 2.96. The van der Waals surface area contributed by atoms with E-state index in [0.717, 1.165) is 38.3 Å². The lowest BCUT2D eigenvalue weighted by molar-refractivity contribution is 0.230. The zero-order valence-corrected chi connectivity index (χ0v) is 10.6. The third-order valence-corrected chi connectivity index (χ3v) is 3.25. The fourth-order valence-electron chi connectivity index (χ4n) is 1.98. The Bertz CT molecular complexity index is 392. The van der Waals surface area contributed by atoms with Gasteiger partial charge >= 0.3 is 0 Å². The molecule has 1 aromatic rings. The zero-order valence-electron chi connectivity index (χ0n) is 9.87. The molecule has 17 heavy (non-hydrogen) atoms. The molecule has 0 aromatic heterocycles. The van der Waals surface area contributed by atoms with Crippen LogP contribution in [0.4, 0.5) is 0 Å². The number of rotatable bonds is 3. The SMILES string of the molecule is COc1cc(O)c(CN2CCNCC2)cc1Cl. The third kappa shape index (κ3) is 3.03. The molecule has 0 radical (unpaired) electrons. The highest BCUT2D eigenvalue weighted by Crippen LogP contribution is 2.32. The van der Waals surface area contributed by atoms with E-state index in [1.165, 1.54) is 7.11 Å². The van der Waals surface area contributed by atoms with E-state index in [2.05, 4.69) is 10.2 Å². The minimum Gasteiger partial charge on any atom is -0.507 e. The Balaban J connectivity index is 2.12. The average Bonchev–Trinajstić information content (AvgIpc) is 2.34. The summed E-state index contributed by atoms with van der Waals surface area (Å²) in [6.45, 7) is 4.68. The van der Waals surface area contributed by atoms with Crippen molar-refractivity contribution >= 4 is 11.6 Å². The van der Waals surface area contributed by atoms with E-state index in [1.54, 1.807) is 12.1 Å². The van der Waals surface area contributed by atoms with Gasteiger partial charge in [-0.05, 0) is 6.07 Å². The van der Waals surface area contributed by atoms with E-state index in [9.17, 15) is 5.11 Å². The van der Waals surface area contributed by atoms with Crippen LogP contribution in [0.1, 0.15) is 5.56 Å². The first kappa shape index (κ1) is 12.5. The summed E-state index contributed by atoms with van der Waals surface area (Å²) in [7, 11) is 1.54. The van der Waals surface area contributed by atoms with Gasteiger partial charge in [-0.1, -0.05) is 11.6 Å². The number of hydrogen-bond donors (Lipinski definition) is 2. The highest BCUT2D eigenvalue weighted by molar-refractivity contribution is 6.32. The lowest BCUT2D eigenvalue weighted by atomic mass is 10.1. The van der Waals surface area contributed by atoms with Gasteiger partial charge < -0.3 is 15.2 Å². The summed E-state index contributed by atoms with van der Waals surface area (Å²) in [6, 6.07) is 3.34. The van der Waals surface area contributed by atoms with Crippen molar-refractivity contribution in [3.05, 3.63) is 22.7 Å². The quantitative estimate of drug-likeness (QED) is 0.860. The van der Waals surface area contributed by atoms with Gasteiger partial charge in [0, 0.05) is 44.4 Å². The number of nitrogens with zero attached hydrogens (tertiary/aromatic N) is 1. The second-order valence-corrected chi connectivity index (χ2v) is 4.55. The van der Waals surface area contributed by atoms with Crippen LogP contribution in [0.5, 0.6) is 11.5 Å². The minimum absolute atomic E-state index is 0.241. The van der Waals surface area contributed by atoms with E-state index in [-0.39, 0.29) is 5.75 Å². The number of phenolic OH excluding ortho intramolecular Hbond substituents is 1. The number of hydrogen-bond acceptors (Lipinski definition) is 4. The largest absolute Gasteiger partial charge is 0.507 e. The predicted octanol–water partition coefficient (Wildman–Crippen LogP) is 1.46. The summed E-state index contributed by atoms with van der Waals surface area (Å²) in [4.78, 5) is 2.29. The number of nitrogens with one attached hydrogen (secondary N) is 1. The zero-order chi connectivity index (χ0) is 12.3. The molecular weight excluding hydrogens is 240 g/mol. The second kappa shape index (κ2) is 5.58. The summed E-state index contributed by atoms with van der Waals surface area (Å²) in [5.41, 5.74) is 0.845. The van der Waals surface area contributed by atoms with E-state index >= 15 is 0 Å². The number of benzene rings is 1. The molecule has 1 aliphatic heterocycles. The fraction of sp³-hybridized carbons (Fsp3) is 0.500. The van der Waals surface area contributed by atoms with Crippen molar-refractivity contribution in [3.63, 3.8) is 0 Å². The smallest absolute Gasteiger partial charge is 0.141 e. The average molecular weight is 257 g/mol. The van der Waals surface area contributed by atoms with Crippen molar-refractivity contribution < 1.29 is 9.84 Å². The first-order chi connectivity index (χ1) is 8.20. The minimum atomic E-state index is 0.241. The topological polar surface area (TPSA) is 44.7 Å². The van der Waals surface area contributed by atoms with Gasteiger partial charge in [-0.3, -0.25) is 4.90 Å². The second-order valence-electron chi connectivity index (χ2n) is 4.14. The van der Waals surface area contributed by atoms with Crippen LogP contribution in [0.25, 0.3) is 0 Å². The lowest BCUT2D eigenvalue weighted by Gasteiger charge is -2.27. The summed E-state index contributed by atoms with van der Waals surface area (Å²) in [5.74, 6) is 0.748. The van der Waals surface area contributed by atoms with Gasteiger partial charge in [-0.15, -0.1) is 0 Å². The van der Waals surface area contributed by atoms with Crippen LogP contribution in [0.15, 0.2) is 12.1 Å². The highest BCUT2D eigenvalue weighted by atomic mass is 35.5. The molecule has 1 saturated heterocycles. The van der Waals surface area contributed by atoms with E-state index in [0.29, 0.717) is 10.8 Å². The maximum Gasteiger partial charge on any atom is 0.141 e. The Morgan fingerprint density at radius 3 is 2.76 bits per heavy atom. The van der Waals surface area contributed by atoms with Gasteiger partial charge in [-0.25, -0.2) is 0 Å². The van der Waals surface area contributed by atoms with Crippen molar-refractivity contribution in [1.29, 1.82) is 0 Å². The molecule has 0 spiro atoms. The maximum atomic E-state index is 9.90. The normalized spacial score (nSPS) is 17.1. The van der Waals surface area contributed by atoms with Crippen LogP contribution >= 0.6 is 11.6 Å². The Morgan fingerprint density at radius 2 is 2.12 bits per heavy atom. The monoisotopic (exact) mass is 256 g/mol. The molecule has 1 aromatic carbocycles. The Morgan fingerprint density at radius 1 is 1.41 bits per heavy atom. The predicted molar refractivity (Wildman–Crippen MR) is 67.8 cm³/mol. The van der Waals surface area contributed by atoms with E-state index in [1.807, 2.05) is 0 Å². The number of aromatic hydroxyl groups is 1. The lowest BCUT2D eigenvalue weighted by Crippen LogP contribution is -2.42. The molecule has 1 heterocycles. The molecule has 0 unspecified atom stereocenters. The molecule has 2 rings (SSSR count). The van der Waals surface area contributed by atoms with Crippen molar-refractivity contribution in [1.82, 2.24) is 10.2 Å². The molecular formula is C12H17ClN2O2. The van der Waals surface area contributed by atoms with Crippen molar-refractivity contribution in [2.45, 2.75) is 6.54 Å². The van der Waals surface area contributed by atoms with E-state index < -0.39 is 0 Å². The molecule has 0 bridgehead atoms. The Hall–Kier alpha value is -0.970. The van der Waals surface area contributed by atoms with Gasteiger partial charge in [0.05, 0.1) is 12.1 Å². The van der Waals surface area contributed by atoms with Crippen LogP contribution in [0.3, 0.4) is 0 Å². The number of ether oxygens (including phenoxy) is 1. The Kier molecular flexibility index (Phi) is 4.10. The summed E-state index contributed by atoms with van der Waals surface area (Å²) in [6.07, 6.45) is 0. The van der Waals surface area contributed by atoms with Crippen LogP contribution in [-0.2, 0) is 6.54 Å². The van der Waals surface area contributed by atoms with Crippen molar-refractivity contribution in [2.24, 2.45) is 0 Å². The molecule has 1 aliphatic rings. The molecule has 0 atom stereocenters. The maximum absolute atomic E-state index is 9.90. The number of methoxy groups -OCH3 is 1. The number of piperazine rings is 1. The summed E-state index contributed by atoms with van der Waals surface area (Å²) >= 11 is 6.05. The van der Waals surface area contributed by atoms with Gasteiger partial charge in [0.15, 0.2) is 0 Å². The first-order valence-electron chi connectivity index (χ1n) is 5.69. The molecule has 1 fully saturated rings. The van der Waals surface area contributed by atoms with Crippen molar-refractivity contribution in [3.8, 4) is 11.5 Å². The number of phenols is 1. The van der Waals surface area contributed by atoms with Gasteiger partial charge in [-0.2, -0.15) is 0 Å². The Labute approximate surface area is 106 Å². The first-order valence-corrected chi connectivity index (χ1v) is 6.07. The number of halogens is 1. The molecule has 94 valence electrons. The van der Waals surface area contributed by atoms with Gasteiger partial charge in [0.1, 0.15) is 11.5 Å². The van der Waals surface area contributed by atoms with Gasteiger partial charge in [0.2, 0.25) is 0 Å². The van der Waals surface area contributed by atoms with Crippen LogP contribution < -0.4 is 10.1 Å². The standard InChI is InChI=1S/C12H17ClN2O2/c1-17-12-7-11(16)9(6-10(12)13)8-15-4-2-14-3-5-15/h6-7,14,16H,2-5,8H2,1H3. The molecule has 0 amide bonds. The molecule has 2 N–H and O–H groups in total. The molecule has 0 saturated carbocycles. The van der Waals surface area contributed by atoms with Crippen LogP contribution in [0.2, 0.25) is 5.02 Å². The molecule has 5 heteroatoms. The fourth-order valence-corrected chi connectivity index (χ4v) is 2.24. The van der Waals surface area contributed by atoms with Crippen LogP contribution in [-0.4, -0.2) is 43.3 Å². The molecule has 0 aliphatic carbocycles. The summed E-state index contributed by atoms with van der Waals surface area (Å²) < 4.78 is 5.06. The highest BCUT2D eigenvalue weighted by Gasteiger charge is 2.14. The summed E-state index contributed by atoms with van der Waals surface area (Å²) in [5, 5.41) is 13.7. The van der Waals surface area contributed by atoms with Crippen molar-refractivity contribution in [2.75, 3.05) is 33.3 Å². The van der Waals surface area contributed by atoms with Gasteiger partial charge in [0.25, 0.3) is 0 Å².